The fraction of sp³-hybridized carbons (Fsp3) is 0.500. The zero-order valence-corrected chi connectivity index (χ0v) is 10.9. The third kappa shape index (κ3) is 2.06. The van der Waals surface area contributed by atoms with Crippen LogP contribution in [0.25, 0.3) is 0 Å². The van der Waals surface area contributed by atoms with Crippen molar-refractivity contribution in [3.05, 3.63) is 33.9 Å². The number of hydrogen-bond donors (Lipinski definition) is 1. The van der Waals surface area contributed by atoms with Crippen molar-refractivity contribution in [2.75, 3.05) is 18.0 Å². The van der Waals surface area contributed by atoms with E-state index in [2.05, 4.69) is 4.90 Å². The zero-order valence-electron chi connectivity index (χ0n) is 10.9. The number of aliphatic hydroxyl groups excluding tert-OH is 1. The number of benzene rings is 1. The lowest BCUT2D eigenvalue weighted by molar-refractivity contribution is -0.384. The van der Waals surface area contributed by atoms with Gasteiger partial charge in [-0.1, -0.05) is 0 Å². The maximum Gasteiger partial charge on any atom is 0.270 e. The number of carbonyl (C=O) groups excluding carboxylic acids is 1. The van der Waals surface area contributed by atoms with Crippen LogP contribution in [-0.4, -0.2) is 35.5 Å². The Bertz CT molecular complexity index is 560. The number of nitro benzene ring substituents is 1. The molecule has 0 spiro atoms. The highest BCUT2D eigenvalue weighted by Crippen LogP contribution is 2.40. The number of carbonyl (C=O) groups is 1. The predicted molar refractivity (Wildman–Crippen MR) is 72.9 cm³/mol. The molecule has 1 N–H and O–H groups in total. The molecule has 0 aromatic heterocycles. The van der Waals surface area contributed by atoms with E-state index in [1.807, 2.05) is 0 Å². The molecule has 1 saturated carbocycles. The quantitative estimate of drug-likeness (QED) is 0.515. The second-order valence-corrected chi connectivity index (χ2v) is 5.59. The first-order chi connectivity index (χ1) is 9.60. The standard InChI is InChI=1S/C14H16N2O4/c17-8-10-5-11(16(19)20)2-3-13(10)15-6-9-1-4-14(18)12(9)7-15/h2-3,5,8-9,12,14,18H,1,4,6-7H2. The van der Waals surface area contributed by atoms with Gasteiger partial charge >= 0.3 is 0 Å². The molecule has 0 radical (unpaired) electrons. The smallest absolute Gasteiger partial charge is 0.270 e. The molecule has 1 aromatic rings. The van der Waals surface area contributed by atoms with Gasteiger partial charge in [0, 0.05) is 42.4 Å². The first-order valence-corrected chi connectivity index (χ1v) is 6.77. The summed E-state index contributed by atoms with van der Waals surface area (Å²) >= 11 is 0. The molecule has 1 aliphatic heterocycles. The average Bonchev–Trinajstić information content (AvgIpc) is 3.00. The third-order valence-electron chi connectivity index (χ3n) is 4.51. The van der Waals surface area contributed by atoms with Crippen molar-refractivity contribution < 1.29 is 14.8 Å². The van der Waals surface area contributed by atoms with Gasteiger partial charge < -0.3 is 10.0 Å². The van der Waals surface area contributed by atoms with Gasteiger partial charge in [0.1, 0.15) is 0 Å². The van der Waals surface area contributed by atoms with Gasteiger partial charge in [-0.25, -0.2) is 0 Å². The molecule has 3 unspecified atom stereocenters. The van der Waals surface area contributed by atoms with Crippen LogP contribution in [0.15, 0.2) is 18.2 Å². The van der Waals surface area contributed by atoms with E-state index in [4.69, 9.17) is 0 Å². The summed E-state index contributed by atoms with van der Waals surface area (Å²) in [6.45, 7) is 1.52. The van der Waals surface area contributed by atoms with Gasteiger partial charge in [0.2, 0.25) is 0 Å². The summed E-state index contributed by atoms with van der Waals surface area (Å²) in [7, 11) is 0. The van der Waals surface area contributed by atoms with E-state index < -0.39 is 4.92 Å². The van der Waals surface area contributed by atoms with Gasteiger partial charge in [0.15, 0.2) is 6.29 Å². The van der Waals surface area contributed by atoms with Crippen LogP contribution in [0.3, 0.4) is 0 Å². The molecule has 3 rings (SSSR count). The molecule has 1 aliphatic carbocycles. The summed E-state index contributed by atoms with van der Waals surface area (Å²) < 4.78 is 0. The topological polar surface area (TPSA) is 83.7 Å². The zero-order chi connectivity index (χ0) is 14.3. The Kier molecular flexibility index (Phi) is 3.17. The molecule has 1 saturated heterocycles. The molecule has 2 fully saturated rings. The number of nitrogens with zero attached hydrogens (tertiary/aromatic N) is 2. The van der Waals surface area contributed by atoms with Crippen LogP contribution >= 0.6 is 0 Å². The number of fused-ring (bicyclic) bond motifs is 1. The van der Waals surface area contributed by atoms with Gasteiger partial charge in [-0.3, -0.25) is 14.9 Å². The number of hydrogen-bond acceptors (Lipinski definition) is 5. The maximum atomic E-state index is 11.2. The lowest BCUT2D eigenvalue weighted by Crippen LogP contribution is -2.25. The van der Waals surface area contributed by atoms with E-state index in [0.29, 0.717) is 24.3 Å². The summed E-state index contributed by atoms with van der Waals surface area (Å²) in [5, 5.41) is 20.7. The van der Waals surface area contributed by atoms with E-state index in [1.165, 1.54) is 12.1 Å². The van der Waals surface area contributed by atoms with Crippen molar-refractivity contribution in [2.24, 2.45) is 11.8 Å². The second-order valence-electron chi connectivity index (χ2n) is 5.59. The van der Waals surface area contributed by atoms with Crippen LogP contribution in [0.1, 0.15) is 23.2 Å². The number of non-ortho nitro benzene ring substituents is 1. The number of anilines is 1. The summed E-state index contributed by atoms with van der Waals surface area (Å²) in [4.78, 5) is 23.5. The number of aliphatic hydroxyl groups is 1. The molecular weight excluding hydrogens is 260 g/mol. The molecule has 1 heterocycles. The first-order valence-electron chi connectivity index (χ1n) is 6.77. The number of nitro groups is 1. The highest BCUT2D eigenvalue weighted by molar-refractivity contribution is 5.86. The summed E-state index contributed by atoms with van der Waals surface area (Å²) in [6, 6.07) is 4.37. The second kappa shape index (κ2) is 4.86. The molecule has 20 heavy (non-hydrogen) atoms. The minimum atomic E-state index is -0.501. The van der Waals surface area contributed by atoms with Crippen molar-refractivity contribution in [1.82, 2.24) is 0 Å². The minimum absolute atomic E-state index is 0.0738. The summed E-state index contributed by atoms with van der Waals surface area (Å²) in [5.41, 5.74) is 0.996. The van der Waals surface area contributed by atoms with Crippen molar-refractivity contribution in [2.45, 2.75) is 18.9 Å². The highest BCUT2D eigenvalue weighted by atomic mass is 16.6. The molecule has 1 aromatic carbocycles. The minimum Gasteiger partial charge on any atom is -0.393 e. The van der Waals surface area contributed by atoms with E-state index in [1.54, 1.807) is 6.07 Å². The van der Waals surface area contributed by atoms with E-state index in [-0.39, 0.29) is 17.7 Å². The monoisotopic (exact) mass is 276 g/mol. The molecule has 106 valence electrons. The Labute approximate surface area is 116 Å². The summed E-state index contributed by atoms with van der Waals surface area (Å²) in [5.74, 6) is 0.712. The van der Waals surface area contributed by atoms with E-state index in [0.717, 1.165) is 25.1 Å². The predicted octanol–water partition coefficient (Wildman–Crippen LogP) is 1.61. The van der Waals surface area contributed by atoms with Crippen LogP contribution in [-0.2, 0) is 0 Å². The van der Waals surface area contributed by atoms with Gasteiger partial charge in [-0.2, -0.15) is 0 Å². The molecule has 6 heteroatoms. The molecule has 0 bridgehead atoms. The maximum absolute atomic E-state index is 11.2. The van der Waals surface area contributed by atoms with Gasteiger partial charge in [-0.05, 0) is 24.8 Å². The summed E-state index contributed by atoms with van der Waals surface area (Å²) in [6.07, 6.45) is 2.26. The van der Waals surface area contributed by atoms with Crippen LogP contribution < -0.4 is 4.90 Å². The van der Waals surface area contributed by atoms with Crippen molar-refractivity contribution in [3.8, 4) is 0 Å². The normalized spacial score (nSPS) is 28.4. The molecule has 3 atom stereocenters. The highest BCUT2D eigenvalue weighted by Gasteiger charge is 2.42. The van der Waals surface area contributed by atoms with E-state index >= 15 is 0 Å². The van der Waals surface area contributed by atoms with E-state index in [9.17, 15) is 20.0 Å². The van der Waals surface area contributed by atoms with Crippen molar-refractivity contribution in [1.29, 1.82) is 0 Å². The lowest BCUT2D eigenvalue weighted by Gasteiger charge is -2.21. The Morgan fingerprint density at radius 1 is 1.35 bits per heavy atom. The van der Waals surface area contributed by atoms with Gasteiger partial charge in [0.05, 0.1) is 11.0 Å². The van der Waals surface area contributed by atoms with Crippen LogP contribution in [0.2, 0.25) is 0 Å². The third-order valence-corrected chi connectivity index (χ3v) is 4.51. The Morgan fingerprint density at radius 2 is 2.15 bits per heavy atom. The number of aldehydes is 1. The van der Waals surface area contributed by atoms with Crippen molar-refractivity contribution in [3.63, 3.8) is 0 Å². The fourth-order valence-electron chi connectivity index (χ4n) is 3.47. The fourth-order valence-corrected chi connectivity index (χ4v) is 3.47. The largest absolute Gasteiger partial charge is 0.393 e. The van der Waals surface area contributed by atoms with Crippen LogP contribution in [0.5, 0.6) is 0 Å². The van der Waals surface area contributed by atoms with Crippen LogP contribution in [0.4, 0.5) is 11.4 Å². The Balaban J connectivity index is 1.88. The Hall–Kier alpha value is -1.95. The van der Waals surface area contributed by atoms with Gasteiger partial charge in [0.25, 0.3) is 5.69 Å². The number of rotatable bonds is 3. The lowest BCUT2D eigenvalue weighted by atomic mass is 10.00. The average molecular weight is 276 g/mol. The molecule has 0 amide bonds. The molecule has 6 nitrogen and oxygen atoms in total. The van der Waals surface area contributed by atoms with Crippen LogP contribution in [0, 0.1) is 22.0 Å². The van der Waals surface area contributed by atoms with Gasteiger partial charge in [-0.15, -0.1) is 0 Å². The Morgan fingerprint density at radius 3 is 2.80 bits per heavy atom. The molecular formula is C14H16N2O4. The molecule has 2 aliphatic rings. The first kappa shape index (κ1) is 13.1. The SMILES string of the molecule is O=Cc1cc([N+](=O)[O-])ccc1N1CC2CCC(O)C2C1. The van der Waals surface area contributed by atoms with Crippen molar-refractivity contribution >= 4 is 17.7 Å².